The number of amides is 8. The van der Waals surface area contributed by atoms with E-state index in [1.54, 1.807) is 26.1 Å². The molecule has 350 valence electrons. The van der Waals surface area contributed by atoms with E-state index in [4.69, 9.17) is 17.2 Å². The molecule has 0 saturated heterocycles. The van der Waals surface area contributed by atoms with Gasteiger partial charge in [0.25, 0.3) is 0 Å². The summed E-state index contributed by atoms with van der Waals surface area (Å²) in [6.45, 7) is 9.14. The summed E-state index contributed by atoms with van der Waals surface area (Å²) in [5.74, 6) is -8.69. The molecule has 8 atom stereocenters. The van der Waals surface area contributed by atoms with E-state index in [-0.39, 0.29) is 31.7 Å². The summed E-state index contributed by atoms with van der Waals surface area (Å²) in [6, 6.07) is -1.82. The van der Waals surface area contributed by atoms with Crippen LogP contribution in [0.4, 0.5) is 0 Å². The molecule has 0 bridgehead atoms. The molecule has 0 radical (unpaired) electrons. The van der Waals surface area contributed by atoms with Gasteiger partial charge >= 0.3 is 5.97 Å². The van der Waals surface area contributed by atoms with Crippen molar-refractivity contribution in [2.75, 3.05) is 13.1 Å². The summed E-state index contributed by atoms with van der Waals surface area (Å²) in [6.07, 6.45) is 0.821. The summed E-state index contributed by atoms with van der Waals surface area (Å²) in [7, 11) is 0. The molecule has 63 heavy (non-hydrogen) atoms. The minimum absolute atomic E-state index is 0.0554. The van der Waals surface area contributed by atoms with Crippen LogP contribution in [0.2, 0.25) is 0 Å². The number of aromatic nitrogens is 1. The number of primary amides is 1. The number of rotatable bonds is 27. The molecule has 2 rings (SSSR count). The highest BCUT2D eigenvalue weighted by Crippen LogP contribution is 2.19. The number of carboxylic acids is 1. The number of unbranched alkanes of at least 4 members (excludes halogenated alkanes) is 1. The fourth-order valence-electron chi connectivity index (χ4n) is 6.35. The van der Waals surface area contributed by atoms with E-state index >= 15 is 0 Å². The molecule has 0 aliphatic carbocycles. The monoisotopic (exact) mass is 887 g/mol. The zero-order valence-electron chi connectivity index (χ0n) is 36.6. The van der Waals surface area contributed by atoms with E-state index < -0.39 is 121 Å². The molecular weight excluding hydrogens is 823 g/mol. The van der Waals surface area contributed by atoms with Gasteiger partial charge in [0.1, 0.15) is 42.3 Å². The molecule has 1 heterocycles. The molecule has 16 N–H and O–H groups in total. The highest BCUT2D eigenvalue weighted by atomic mass is 16.4. The van der Waals surface area contributed by atoms with Crippen LogP contribution in [0, 0.1) is 11.8 Å². The van der Waals surface area contributed by atoms with E-state index in [2.05, 4.69) is 42.2 Å². The van der Waals surface area contributed by atoms with Crippen LogP contribution in [-0.2, 0) is 49.6 Å². The number of nitrogens with two attached hydrogens (primary N) is 3. The number of aliphatic hydroxyl groups is 1. The third-order valence-electron chi connectivity index (χ3n) is 9.94. The number of para-hydroxylation sites is 1. The summed E-state index contributed by atoms with van der Waals surface area (Å²) in [5.41, 5.74) is 17.9. The molecule has 0 aliphatic rings. The van der Waals surface area contributed by atoms with E-state index in [0.717, 1.165) is 10.9 Å². The van der Waals surface area contributed by atoms with E-state index in [0.29, 0.717) is 18.4 Å². The van der Waals surface area contributed by atoms with Crippen LogP contribution in [0.25, 0.3) is 10.9 Å². The predicted octanol–water partition coefficient (Wildman–Crippen LogP) is -2.75. The first-order valence-corrected chi connectivity index (χ1v) is 20.8. The SMILES string of the molecule is CC(C)CC(NC(=O)C(C)NC(=O)C(N)C(C)O)C(=O)NC(Cc1c[nH]c2ccccc12)C(=O)NCC(=O)NC(CCCCN)C(=O)NC(C(=O)NC(CC(N)=O)C(=O)O)C(C)C. The number of hydrogen-bond donors (Lipinski definition) is 13. The van der Waals surface area contributed by atoms with Crippen LogP contribution in [-0.4, -0.2) is 130 Å². The number of fused-ring (bicyclic) bond motifs is 1. The Bertz CT molecular complexity index is 1920. The normalized spacial score (nSPS) is 15.1. The van der Waals surface area contributed by atoms with Gasteiger partial charge in [0, 0.05) is 23.5 Å². The fourth-order valence-corrected chi connectivity index (χ4v) is 6.35. The van der Waals surface area contributed by atoms with Crippen molar-refractivity contribution in [3.63, 3.8) is 0 Å². The molecule has 0 aliphatic heterocycles. The highest BCUT2D eigenvalue weighted by molar-refractivity contribution is 5.97. The second-order valence-corrected chi connectivity index (χ2v) is 16.2. The predicted molar refractivity (Wildman–Crippen MR) is 231 cm³/mol. The first-order chi connectivity index (χ1) is 29.5. The number of hydrogen-bond acceptors (Lipinski definition) is 12. The Labute approximate surface area is 365 Å². The van der Waals surface area contributed by atoms with E-state index in [1.165, 1.54) is 13.8 Å². The fraction of sp³-hybridized carbons (Fsp3) is 0.585. The molecule has 22 heteroatoms. The third kappa shape index (κ3) is 17.6. The highest BCUT2D eigenvalue weighted by Gasteiger charge is 2.33. The summed E-state index contributed by atoms with van der Waals surface area (Å²) >= 11 is 0. The lowest BCUT2D eigenvalue weighted by atomic mass is 10.0. The lowest BCUT2D eigenvalue weighted by molar-refractivity contribution is -0.144. The van der Waals surface area contributed by atoms with Gasteiger partial charge in [-0.2, -0.15) is 0 Å². The maximum atomic E-state index is 13.9. The lowest BCUT2D eigenvalue weighted by Crippen LogP contribution is -2.59. The number of carbonyl (C=O) groups excluding carboxylic acids is 8. The zero-order valence-corrected chi connectivity index (χ0v) is 36.6. The molecular formula is C41H65N11O11. The van der Waals surface area contributed by atoms with Gasteiger partial charge in [0.2, 0.25) is 47.3 Å². The number of aliphatic carboxylic acids is 1. The number of aromatic amines is 1. The van der Waals surface area contributed by atoms with Gasteiger partial charge in [-0.3, -0.25) is 38.4 Å². The number of carbonyl (C=O) groups is 9. The van der Waals surface area contributed by atoms with Crippen molar-refractivity contribution < 1.29 is 53.4 Å². The molecule has 8 amide bonds. The zero-order chi connectivity index (χ0) is 47.6. The Morgan fingerprint density at radius 1 is 0.714 bits per heavy atom. The Hall–Kier alpha value is -6.13. The minimum atomic E-state index is -1.65. The molecule has 0 spiro atoms. The standard InChI is InChI=1S/C41H65N11O11/c1-20(2)15-28(49-35(56)22(5)47-39(60)33(44)23(6)53)38(59)50-29(16-24-18-45-26-12-8-7-11-25(24)26)36(57)46-19-32(55)48-27(13-9-10-14-42)37(58)52-34(21(3)4)40(61)51-30(41(62)63)17-31(43)54/h7-8,11-12,18,20-23,27-30,33-34,45,53H,9-10,13-17,19,42,44H2,1-6H3,(H2,43,54)(H,46,57)(H,47,60)(H,48,55)(H,49,56)(H,50,59)(H,51,61)(H,52,58)(H,62,63). The molecule has 8 unspecified atom stereocenters. The topological polar surface area (TPSA) is 372 Å². The maximum absolute atomic E-state index is 13.9. The summed E-state index contributed by atoms with van der Waals surface area (Å²) in [5, 5.41) is 37.4. The Balaban J connectivity index is 2.30. The van der Waals surface area contributed by atoms with Gasteiger partial charge < -0.3 is 69.6 Å². The van der Waals surface area contributed by atoms with Gasteiger partial charge in [-0.05, 0) is 69.5 Å². The van der Waals surface area contributed by atoms with Gasteiger partial charge in [0.05, 0.1) is 19.1 Å². The van der Waals surface area contributed by atoms with E-state index in [9.17, 15) is 53.4 Å². The largest absolute Gasteiger partial charge is 0.480 e. The van der Waals surface area contributed by atoms with Crippen LogP contribution in [0.5, 0.6) is 0 Å². The maximum Gasteiger partial charge on any atom is 0.326 e. The van der Waals surface area contributed by atoms with Crippen molar-refractivity contribution in [1.29, 1.82) is 0 Å². The number of aliphatic hydroxyl groups excluding tert-OH is 1. The molecule has 1 aromatic carbocycles. The molecule has 1 aromatic heterocycles. The second-order valence-electron chi connectivity index (χ2n) is 16.2. The van der Waals surface area contributed by atoms with Crippen molar-refractivity contribution in [3.05, 3.63) is 36.0 Å². The number of benzene rings is 1. The van der Waals surface area contributed by atoms with Crippen molar-refractivity contribution >= 4 is 64.1 Å². The summed E-state index contributed by atoms with van der Waals surface area (Å²) in [4.78, 5) is 120. The first kappa shape index (κ1) is 53.0. The van der Waals surface area contributed by atoms with Crippen molar-refractivity contribution in [1.82, 2.24) is 42.2 Å². The molecule has 0 saturated carbocycles. The Morgan fingerprint density at radius 3 is 1.92 bits per heavy atom. The van der Waals surface area contributed by atoms with Gasteiger partial charge in [-0.1, -0.05) is 45.9 Å². The third-order valence-corrected chi connectivity index (χ3v) is 9.94. The van der Waals surface area contributed by atoms with Gasteiger partial charge in [-0.25, -0.2) is 4.79 Å². The lowest BCUT2D eigenvalue weighted by Gasteiger charge is -2.27. The number of H-pyrrole nitrogens is 1. The van der Waals surface area contributed by atoms with Crippen LogP contribution >= 0.6 is 0 Å². The van der Waals surface area contributed by atoms with Gasteiger partial charge in [-0.15, -0.1) is 0 Å². The number of carboxylic acid groups (broad SMARTS) is 1. The van der Waals surface area contributed by atoms with Crippen LogP contribution in [0.3, 0.4) is 0 Å². The molecule has 2 aromatic rings. The smallest absolute Gasteiger partial charge is 0.326 e. The van der Waals surface area contributed by atoms with E-state index in [1.807, 2.05) is 32.0 Å². The Morgan fingerprint density at radius 2 is 1.33 bits per heavy atom. The Kier molecular flexibility index (Phi) is 21.6. The average molecular weight is 888 g/mol. The molecule has 0 fully saturated rings. The first-order valence-electron chi connectivity index (χ1n) is 20.8. The number of nitrogens with one attached hydrogen (secondary N) is 8. The van der Waals surface area contributed by atoms with Crippen LogP contribution in [0.15, 0.2) is 30.5 Å². The van der Waals surface area contributed by atoms with Crippen molar-refractivity contribution in [3.8, 4) is 0 Å². The van der Waals surface area contributed by atoms with Crippen LogP contribution < -0.4 is 54.4 Å². The summed E-state index contributed by atoms with van der Waals surface area (Å²) < 4.78 is 0. The quantitative estimate of drug-likeness (QED) is 0.0406. The van der Waals surface area contributed by atoms with Crippen molar-refractivity contribution in [2.45, 2.75) is 128 Å². The van der Waals surface area contributed by atoms with Crippen molar-refractivity contribution in [2.24, 2.45) is 29.0 Å². The van der Waals surface area contributed by atoms with Gasteiger partial charge in [0.15, 0.2) is 0 Å². The molecule has 22 nitrogen and oxygen atoms in total. The minimum Gasteiger partial charge on any atom is -0.480 e. The average Bonchev–Trinajstić information content (AvgIpc) is 3.62. The second kappa shape index (κ2) is 25.7. The van der Waals surface area contributed by atoms with Crippen LogP contribution in [0.1, 0.15) is 79.2 Å².